The van der Waals surface area contributed by atoms with Gasteiger partial charge < -0.3 is 4.98 Å². The molecule has 15 heavy (non-hydrogen) atoms. The van der Waals surface area contributed by atoms with E-state index in [1.807, 2.05) is 20.0 Å². The fraction of sp³-hybridized carbons (Fsp3) is 0.667. The topological polar surface area (TPSA) is 45.8 Å². The van der Waals surface area contributed by atoms with Gasteiger partial charge in [0.25, 0.3) is 0 Å². The third-order valence-electron chi connectivity index (χ3n) is 2.73. The van der Waals surface area contributed by atoms with Crippen molar-refractivity contribution >= 4 is 5.78 Å². The number of carbonyl (C=O) groups is 1. The highest BCUT2D eigenvalue weighted by Crippen LogP contribution is 2.24. The average molecular weight is 208 g/mol. The molecular weight excluding hydrogens is 188 g/mol. The van der Waals surface area contributed by atoms with Gasteiger partial charge in [-0.3, -0.25) is 4.79 Å². The zero-order valence-electron chi connectivity index (χ0n) is 9.62. The number of nitrogens with zero attached hydrogens (tertiary/aromatic N) is 1. The van der Waals surface area contributed by atoms with Crippen molar-refractivity contribution < 1.29 is 4.79 Å². The Labute approximate surface area is 91.3 Å². The van der Waals surface area contributed by atoms with Crippen LogP contribution in [0.2, 0.25) is 0 Å². The van der Waals surface area contributed by atoms with E-state index in [1.165, 1.54) is 5.69 Å². The minimum absolute atomic E-state index is 0.431. The van der Waals surface area contributed by atoms with Gasteiger partial charge in [0.15, 0.2) is 0 Å². The Balaban J connectivity index is 0.000000531. The minimum atomic E-state index is 0.431. The standard InChI is InChI=1S/C10H14N2O.C2H6/c13-10-3-1-8(2-4-10)5-9-6-11-7-12-9;1-2/h6-8H,1-5H2,(H,11,12);1-2H3. The second-order valence-electron chi connectivity index (χ2n) is 3.76. The van der Waals surface area contributed by atoms with Gasteiger partial charge in [0.2, 0.25) is 0 Å². The Morgan fingerprint density at radius 1 is 1.40 bits per heavy atom. The fourth-order valence-corrected chi connectivity index (χ4v) is 1.91. The van der Waals surface area contributed by atoms with Crippen LogP contribution in [-0.4, -0.2) is 15.8 Å². The van der Waals surface area contributed by atoms with Crippen molar-refractivity contribution in [1.82, 2.24) is 9.97 Å². The van der Waals surface area contributed by atoms with Crippen molar-refractivity contribution in [2.24, 2.45) is 5.92 Å². The van der Waals surface area contributed by atoms with Gasteiger partial charge in [0.05, 0.1) is 6.33 Å². The highest BCUT2D eigenvalue weighted by atomic mass is 16.1. The molecule has 0 bridgehead atoms. The number of hydrogen-bond donors (Lipinski definition) is 1. The number of hydrogen-bond acceptors (Lipinski definition) is 2. The third kappa shape index (κ3) is 3.86. The molecule has 2 rings (SSSR count). The van der Waals surface area contributed by atoms with Crippen LogP contribution in [0.5, 0.6) is 0 Å². The van der Waals surface area contributed by atoms with E-state index in [0.29, 0.717) is 11.7 Å². The molecule has 0 spiro atoms. The van der Waals surface area contributed by atoms with Crippen molar-refractivity contribution in [3.63, 3.8) is 0 Å². The lowest BCUT2D eigenvalue weighted by Gasteiger charge is -2.19. The van der Waals surface area contributed by atoms with Crippen LogP contribution in [0.15, 0.2) is 12.5 Å². The summed E-state index contributed by atoms with van der Waals surface area (Å²) >= 11 is 0. The largest absolute Gasteiger partial charge is 0.348 e. The van der Waals surface area contributed by atoms with Crippen LogP contribution in [0.25, 0.3) is 0 Å². The Bertz CT molecular complexity index is 270. The van der Waals surface area contributed by atoms with Crippen LogP contribution in [0.3, 0.4) is 0 Å². The van der Waals surface area contributed by atoms with Crippen LogP contribution in [0, 0.1) is 5.92 Å². The van der Waals surface area contributed by atoms with Crippen LogP contribution in [-0.2, 0) is 11.2 Å². The molecule has 1 heterocycles. The number of carbonyl (C=O) groups excluding carboxylic acids is 1. The number of imidazole rings is 1. The van der Waals surface area contributed by atoms with Crippen molar-refractivity contribution in [2.75, 3.05) is 0 Å². The number of rotatable bonds is 2. The Kier molecular flexibility index (Phi) is 5.08. The van der Waals surface area contributed by atoms with Gasteiger partial charge in [-0.15, -0.1) is 0 Å². The van der Waals surface area contributed by atoms with Crippen LogP contribution in [0.4, 0.5) is 0 Å². The van der Waals surface area contributed by atoms with Gasteiger partial charge in [-0.1, -0.05) is 13.8 Å². The summed E-state index contributed by atoms with van der Waals surface area (Å²) in [5.41, 5.74) is 1.19. The minimum Gasteiger partial charge on any atom is -0.348 e. The Hall–Kier alpha value is -1.12. The summed E-state index contributed by atoms with van der Waals surface area (Å²) in [6.07, 6.45) is 8.29. The smallest absolute Gasteiger partial charge is 0.132 e. The van der Waals surface area contributed by atoms with E-state index in [-0.39, 0.29) is 0 Å². The summed E-state index contributed by atoms with van der Waals surface area (Å²) in [4.78, 5) is 18.1. The van der Waals surface area contributed by atoms with Gasteiger partial charge >= 0.3 is 0 Å². The van der Waals surface area contributed by atoms with Gasteiger partial charge in [0, 0.05) is 24.7 Å². The first kappa shape index (κ1) is 12.0. The lowest BCUT2D eigenvalue weighted by atomic mass is 9.85. The molecule has 1 fully saturated rings. The van der Waals surface area contributed by atoms with Crippen LogP contribution < -0.4 is 0 Å². The summed E-state index contributed by atoms with van der Waals surface area (Å²) in [6, 6.07) is 0. The number of nitrogens with one attached hydrogen (secondary N) is 1. The lowest BCUT2D eigenvalue weighted by molar-refractivity contribution is -0.121. The molecule has 1 aliphatic carbocycles. The maximum Gasteiger partial charge on any atom is 0.132 e. The van der Waals surface area contributed by atoms with E-state index in [0.717, 1.165) is 32.1 Å². The number of aromatic nitrogens is 2. The normalized spacial score (nSPS) is 17.1. The molecule has 0 saturated heterocycles. The molecule has 0 radical (unpaired) electrons. The van der Waals surface area contributed by atoms with E-state index in [1.54, 1.807) is 6.33 Å². The van der Waals surface area contributed by atoms with Crippen LogP contribution >= 0.6 is 0 Å². The second-order valence-corrected chi connectivity index (χ2v) is 3.76. The highest BCUT2D eigenvalue weighted by molar-refractivity contribution is 5.79. The summed E-state index contributed by atoms with van der Waals surface area (Å²) in [5, 5.41) is 0. The maximum absolute atomic E-state index is 11.0. The third-order valence-corrected chi connectivity index (χ3v) is 2.73. The number of Topliss-reactive ketones (excluding diaryl/α,β-unsaturated/α-hetero) is 1. The summed E-state index contributed by atoms with van der Waals surface area (Å²) in [5.74, 6) is 1.11. The fourth-order valence-electron chi connectivity index (χ4n) is 1.91. The summed E-state index contributed by atoms with van der Waals surface area (Å²) < 4.78 is 0. The molecule has 0 aromatic carbocycles. The molecule has 3 nitrogen and oxygen atoms in total. The average Bonchev–Trinajstić information content (AvgIpc) is 2.77. The number of ketones is 1. The molecule has 1 N–H and O–H groups in total. The van der Waals surface area contributed by atoms with E-state index in [2.05, 4.69) is 9.97 Å². The van der Waals surface area contributed by atoms with Crippen molar-refractivity contribution in [2.45, 2.75) is 46.0 Å². The Morgan fingerprint density at radius 3 is 2.60 bits per heavy atom. The first-order valence-electron chi connectivity index (χ1n) is 5.83. The molecule has 1 saturated carbocycles. The molecule has 1 aromatic heterocycles. The van der Waals surface area contributed by atoms with E-state index >= 15 is 0 Å². The summed E-state index contributed by atoms with van der Waals surface area (Å²) in [7, 11) is 0. The maximum atomic E-state index is 11.0. The Morgan fingerprint density at radius 2 is 2.07 bits per heavy atom. The van der Waals surface area contributed by atoms with Gasteiger partial charge in [-0.2, -0.15) is 0 Å². The molecule has 0 unspecified atom stereocenters. The quantitative estimate of drug-likeness (QED) is 0.812. The number of H-pyrrole nitrogens is 1. The molecular formula is C12H20N2O. The van der Waals surface area contributed by atoms with Gasteiger partial charge in [-0.25, -0.2) is 4.98 Å². The molecule has 0 amide bonds. The van der Waals surface area contributed by atoms with Crippen molar-refractivity contribution in [3.05, 3.63) is 18.2 Å². The predicted molar refractivity (Wildman–Crippen MR) is 60.6 cm³/mol. The molecule has 0 aliphatic heterocycles. The monoisotopic (exact) mass is 208 g/mol. The first-order chi connectivity index (χ1) is 7.34. The molecule has 84 valence electrons. The predicted octanol–water partition coefficient (Wildman–Crippen LogP) is 2.74. The van der Waals surface area contributed by atoms with Gasteiger partial charge in [-0.05, 0) is 25.2 Å². The van der Waals surface area contributed by atoms with E-state index in [9.17, 15) is 4.79 Å². The second kappa shape index (κ2) is 6.38. The van der Waals surface area contributed by atoms with Gasteiger partial charge in [0.1, 0.15) is 5.78 Å². The molecule has 0 atom stereocenters. The lowest BCUT2D eigenvalue weighted by Crippen LogP contribution is -2.15. The first-order valence-corrected chi connectivity index (χ1v) is 5.83. The zero-order valence-corrected chi connectivity index (χ0v) is 9.62. The molecule has 1 aromatic rings. The molecule has 3 heteroatoms. The zero-order chi connectivity index (χ0) is 11.1. The summed E-state index contributed by atoms with van der Waals surface area (Å²) in [6.45, 7) is 4.00. The van der Waals surface area contributed by atoms with Crippen molar-refractivity contribution in [1.29, 1.82) is 0 Å². The van der Waals surface area contributed by atoms with Crippen LogP contribution in [0.1, 0.15) is 45.2 Å². The highest BCUT2D eigenvalue weighted by Gasteiger charge is 2.18. The van der Waals surface area contributed by atoms with E-state index < -0.39 is 0 Å². The van der Waals surface area contributed by atoms with E-state index in [4.69, 9.17) is 0 Å². The van der Waals surface area contributed by atoms with Crippen molar-refractivity contribution in [3.8, 4) is 0 Å². The molecule has 1 aliphatic rings. The number of aromatic amines is 1. The SMILES string of the molecule is CC.O=C1CCC(Cc2cnc[nH]2)CC1.